The highest BCUT2D eigenvalue weighted by Crippen LogP contribution is 2.27. The number of carbonyl (C=O) groups excluding carboxylic acids is 1. The van der Waals surface area contributed by atoms with Gasteiger partial charge in [0.2, 0.25) is 0 Å². The second kappa shape index (κ2) is 6.30. The molecule has 0 fully saturated rings. The Morgan fingerprint density at radius 2 is 2.12 bits per heavy atom. The van der Waals surface area contributed by atoms with E-state index in [1.165, 1.54) is 11.3 Å². The molecule has 0 atom stereocenters. The van der Waals surface area contributed by atoms with E-state index in [0.717, 1.165) is 10.0 Å². The Hall–Kier alpha value is -2.71. The number of hydrogen-bond donors (Lipinski definition) is 2. The van der Waals surface area contributed by atoms with Crippen molar-refractivity contribution in [1.82, 2.24) is 9.97 Å². The molecule has 4 rings (SSSR count). The number of amides is 1. The van der Waals surface area contributed by atoms with E-state index in [2.05, 4.69) is 31.2 Å². The number of hydrogen-bond acceptors (Lipinski definition) is 5. The number of halogens is 1. The van der Waals surface area contributed by atoms with E-state index in [4.69, 9.17) is 4.42 Å². The quantitative estimate of drug-likeness (QED) is 0.523. The Labute approximate surface area is 153 Å². The van der Waals surface area contributed by atoms with Crippen molar-refractivity contribution in [3.63, 3.8) is 0 Å². The van der Waals surface area contributed by atoms with Crippen molar-refractivity contribution in [3.05, 3.63) is 68.4 Å². The fourth-order valence-electron chi connectivity index (χ4n) is 2.37. The van der Waals surface area contributed by atoms with Crippen LogP contribution in [0, 0.1) is 0 Å². The van der Waals surface area contributed by atoms with Crippen molar-refractivity contribution in [2.75, 3.05) is 5.32 Å². The first-order valence-electron chi connectivity index (χ1n) is 7.24. The van der Waals surface area contributed by atoms with Crippen molar-refractivity contribution in [2.45, 2.75) is 0 Å². The molecule has 2 heterocycles. The largest absolute Gasteiger partial charge is 0.417 e. The molecule has 6 nitrogen and oxygen atoms in total. The van der Waals surface area contributed by atoms with E-state index in [9.17, 15) is 9.59 Å². The van der Waals surface area contributed by atoms with E-state index < -0.39 is 5.76 Å². The van der Waals surface area contributed by atoms with Crippen LogP contribution in [0.1, 0.15) is 10.4 Å². The molecule has 0 radical (unpaired) electrons. The number of aromatic nitrogens is 2. The second-order valence-electron chi connectivity index (χ2n) is 5.23. The maximum absolute atomic E-state index is 12.3. The number of fused-ring (bicyclic) bond motifs is 1. The van der Waals surface area contributed by atoms with Crippen LogP contribution in [0.2, 0.25) is 0 Å². The van der Waals surface area contributed by atoms with Crippen LogP contribution in [0.4, 0.5) is 5.13 Å². The second-order valence-corrected chi connectivity index (χ2v) is 7.00. The van der Waals surface area contributed by atoms with Crippen LogP contribution in [0.15, 0.2) is 61.5 Å². The summed E-state index contributed by atoms with van der Waals surface area (Å²) in [5.41, 5.74) is 3.17. The first-order valence-corrected chi connectivity index (χ1v) is 8.91. The van der Waals surface area contributed by atoms with Crippen LogP contribution in [-0.4, -0.2) is 15.9 Å². The van der Waals surface area contributed by atoms with Crippen LogP contribution in [0.3, 0.4) is 0 Å². The van der Waals surface area contributed by atoms with E-state index >= 15 is 0 Å². The third kappa shape index (κ3) is 3.26. The predicted molar refractivity (Wildman–Crippen MR) is 100 cm³/mol. The van der Waals surface area contributed by atoms with Gasteiger partial charge in [-0.1, -0.05) is 22.0 Å². The van der Waals surface area contributed by atoms with Crippen LogP contribution >= 0.6 is 27.3 Å². The maximum Gasteiger partial charge on any atom is 0.417 e. The van der Waals surface area contributed by atoms with Gasteiger partial charge in [0, 0.05) is 21.0 Å². The van der Waals surface area contributed by atoms with Gasteiger partial charge in [-0.25, -0.2) is 9.78 Å². The first-order chi connectivity index (χ1) is 12.1. The number of nitrogens with zero attached hydrogens (tertiary/aromatic N) is 1. The number of benzene rings is 2. The van der Waals surface area contributed by atoms with E-state index in [1.54, 1.807) is 30.3 Å². The van der Waals surface area contributed by atoms with Crippen LogP contribution < -0.4 is 11.1 Å². The summed E-state index contributed by atoms with van der Waals surface area (Å²) < 4.78 is 5.82. The number of nitrogens with one attached hydrogen (secondary N) is 2. The lowest BCUT2D eigenvalue weighted by atomic mass is 10.1. The average molecular weight is 416 g/mol. The molecule has 8 heteroatoms. The Kier molecular flexibility index (Phi) is 3.98. The van der Waals surface area contributed by atoms with Gasteiger partial charge < -0.3 is 4.42 Å². The van der Waals surface area contributed by atoms with Crippen LogP contribution in [0.5, 0.6) is 0 Å². The molecular weight excluding hydrogens is 406 g/mol. The molecule has 0 unspecified atom stereocenters. The lowest BCUT2D eigenvalue weighted by Crippen LogP contribution is -2.11. The Morgan fingerprint density at radius 3 is 2.96 bits per heavy atom. The van der Waals surface area contributed by atoms with Crippen LogP contribution in [-0.2, 0) is 0 Å². The molecule has 0 aliphatic heterocycles. The molecule has 0 aliphatic rings. The molecule has 4 aromatic rings. The number of rotatable bonds is 3. The zero-order valence-electron chi connectivity index (χ0n) is 12.6. The third-order valence-corrected chi connectivity index (χ3v) is 4.78. The summed E-state index contributed by atoms with van der Waals surface area (Å²) in [5.74, 6) is -0.718. The lowest BCUT2D eigenvalue weighted by molar-refractivity contribution is 0.102. The Bertz CT molecular complexity index is 1150. The van der Waals surface area contributed by atoms with E-state index in [1.807, 2.05) is 17.5 Å². The minimum Gasteiger partial charge on any atom is -0.408 e. The summed E-state index contributed by atoms with van der Waals surface area (Å²) in [7, 11) is 0. The topological polar surface area (TPSA) is 88.0 Å². The smallest absolute Gasteiger partial charge is 0.408 e. The van der Waals surface area contributed by atoms with Gasteiger partial charge in [0.25, 0.3) is 5.91 Å². The van der Waals surface area contributed by atoms with E-state index in [-0.39, 0.29) is 5.91 Å². The highest BCUT2D eigenvalue weighted by atomic mass is 79.9. The molecule has 2 aromatic carbocycles. The van der Waals surface area contributed by atoms with Gasteiger partial charge in [-0.3, -0.25) is 15.1 Å². The molecule has 0 saturated carbocycles. The van der Waals surface area contributed by atoms with E-state index in [0.29, 0.717) is 27.5 Å². The number of H-pyrrole nitrogens is 1. The number of carbonyl (C=O) groups is 1. The Morgan fingerprint density at radius 1 is 1.24 bits per heavy atom. The van der Waals surface area contributed by atoms with Gasteiger partial charge >= 0.3 is 5.76 Å². The number of aromatic amines is 1. The van der Waals surface area contributed by atoms with Crippen molar-refractivity contribution in [1.29, 1.82) is 0 Å². The Balaban J connectivity index is 1.58. The molecule has 1 amide bonds. The van der Waals surface area contributed by atoms with Crippen LogP contribution in [0.25, 0.3) is 22.4 Å². The normalized spacial score (nSPS) is 10.9. The standard InChI is InChI=1S/C17H10BrN3O3S/c18-11-3-1-2-10(6-11)15(22)21-16-19-13(8-25-16)9-4-5-14-12(7-9)20-17(23)24-14/h1-8H,(H,20,23)(H,19,21,22). The van der Waals surface area contributed by atoms with Gasteiger partial charge in [-0.15, -0.1) is 11.3 Å². The fourth-order valence-corrected chi connectivity index (χ4v) is 3.49. The van der Waals surface area contributed by atoms with Gasteiger partial charge in [0.05, 0.1) is 11.2 Å². The van der Waals surface area contributed by atoms with Gasteiger partial charge in [-0.2, -0.15) is 0 Å². The van der Waals surface area contributed by atoms with Gasteiger partial charge in [0.1, 0.15) is 0 Å². The number of anilines is 1. The number of thiazole rings is 1. The molecule has 0 saturated heterocycles. The highest BCUT2D eigenvalue weighted by Gasteiger charge is 2.11. The third-order valence-electron chi connectivity index (χ3n) is 3.53. The minimum atomic E-state index is -0.493. The molecule has 0 spiro atoms. The first kappa shape index (κ1) is 15.8. The molecule has 0 bridgehead atoms. The fraction of sp³-hybridized carbons (Fsp3) is 0. The monoisotopic (exact) mass is 415 g/mol. The molecule has 124 valence electrons. The molecule has 0 aliphatic carbocycles. The zero-order valence-corrected chi connectivity index (χ0v) is 15.0. The molecule has 25 heavy (non-hydrogen) atoms. The van der Waals surface area contributed by atoms with Gasteiger partial charge in [0.15, 0.2) is 10.7 Å². The van der Waals surface area contributed by atoms with Crippen molar-refractivity contribution < 1.29 is 9.21 Å². The molecule has 2 aromatic heterocycles. The molecular formula is C17H10BrN3O3S. The summed E-state index contributed by atoms with van der Waals surface area (Å²) in [6.07, 6.45) is 0. The van der Waals surface area contributed by atoms with Crippen molar-refractivity contribution >= 4 is 49.4 Å². The summed E-state index contributed by atoms with van der Waals surface area (Å²) in [5, 5.41) is 5.13. The molecule has 2 N–H and O–H groups in total. The van der Waals surface area contributed by atoms with Gasteiger partial charge in [-0.05, 0) is 36.4 Å². The zero-order chi connectivity index (χ0) is 17.4. The average Bonchev–Trinajstić information content (AvgIpc) is 3.19. The lowest BCUT2D eigenvalue weighted by Gasteiger charge is -2.02. The highest BCUT2D eigenvalue weighted by molar-refractivity contribution is 9.10. The maximum atomic E-state index is 12.3. The number of oxazole rings is 1. The van der Waals surface area contributed by atoms with Crippen molar-refractivity contribution in [3.8, 4) is 11.3 Å². The summed E-state index contributed by atoms with van der Waals surface area (Å²) in [4.78, 5) is 30.6. The predicted octanol–water partition coefficient (Wildman–Crippen LogP) is 4.26. The van der Waals surface area contributed by atoms with Crippen molar-refractivity contribution in [2.24, 2.45) is 0 Å². The summed E-state index contributed by atoms with van der Waals surface area (Å²) in [6.45, 7) is 0. The summed E-state index contributed by atoms with van der Waals surface area (Å²) in [6, 6.07) is 12.4. The SMILES string of the molecule is O=C(Nc1nc(-c2ccc3oc(=O)[nH]c3c2)cs1)c1cccc(Br)c1. The minimum absolute atomic E-state index is 0.225. The summed E-state index contributed by atoms with van der Waals surface area (Å²) >= 11 is 4.68.